The summed E-state index contributed by atoms with van der Waals surface area (Å²) in [6.07, 6.45) is 3.32. The number of benzene rings is 2. The molecule has 0 aliphatic rings. The lowest BCUT2D eigenvalue weighted by molar-refractivity contribution is 0.584. The molecule has 0 saturated carbocycles. The quantitative estimate of drug-likeness (QED) is 0.546. The Morgan fingerprint density at radius 2 is 1.72 bits per heavy atom. The van der Waals surface area contributed by atoms with Crippen molar-refractivity contribution in [3.8, 4) is 5.69 Å². The van der Waals surface area contributed by atoms with Crippen molar-refractivity contribution in [2.24, 2.45) is 5.10 Å². The Balaban J connectivity index is 1.78. The monoisotopic (exact) mass is 373 g/mol. The first-order valence-electron chi connectivity index (χ1n) is 7.50. The van der Waals surface area contributed by atoms with Crippen molar-refractivity contribution >= 4 is 27.8 Å². The van der Waals surface area contributed by atoms with Gasteiger partial charge < -0.3 is 4.57 Å². The number of hydrazone groups is 1. The highest BCUT2D eigenvalue weighted by Gasteiger charge is 2.12. The molecule has 25 heavy (non-hydrogen) atoms. The van der Waals surface area contributed by atoms with Crippen LogP contribution >= 0.6 is 11.6 Å². The predicted molar refractivity (Wildman–Crippen MR) is 99.9 cm³/mol. The Morgan fingerprint density at radius 1 is 1.04 bits per heavy atom. The molecule has 3 aromatic rings. The molecule has 0 fully saturated rings. The van der Waals surface area contributed by atoms with Gasteiger partial charge in [-0.05, 0) is 55.5 Å². The van der Waals surface area contributed by atoms with Crippen LogP contribution in [-0.2, 0) is 10.0 Å². The number of aromatic nitrogens is 1. The van der Waals surface area contributed by atoms with Crippen LogP contribution < -0.4 is 4.83 Å². The van der Waals surface area contributed by atoms with Gasteiger partial charge in [-0.25, -0.2) is 4.83 Å². The number of halogens is 1. The Labute approximate surface area is 151 Å². The molecular weight excluding hydrogens is 358 g/mol. The topological polar surface area (TPSA) is 63.5 Å². The van der Waals surface area contributed by atoms with E-state index in [9.17, 15) is 8.42 Å². The third-order valence-corrected chi connectivity index (χ3v) is 5.08. The van der Waals surface area contributed by atoms with Crippen molar-refractivity contribution in [3.05, 3.63) is 83.1 Å². The minimum Gasteiger partial charge on any atom is -0.316 e. The summed E-state index contributed by atoms with van der Waals surface area (Å²) in [5.74, 6) is 0. The molecule has 1 heterocycles. The molecule has 1 aromatic heterocycles. The van der Waals surface area contributed by atoms with E-state index in [2.05, 4.69) is 9.93 Å². The third kappa shape index (κ3) is 4.10. The van der Waals surface area contributed by atoms with Crippen molar-refractivity contribution in [1.29, 1.82) is 0 Å². The molecule has 0 aliphatic carbocycles. The molecule has 1 N–H and O–H groups in total. The lowest BCUT2D eigenvalue weighted by Gasteiger charge is -2.07. The highest BCUT2D eigenvalue weighted by molar-refractivity contribution is 7.89. The standard InChI is InChI=1S/C18H16ClN3O2S/c1-14-4-10-18(11-5-14)25(23,24)21-20-13-17-3-2-12-22(17)16-8-6-15(19)7-9-16/h2-13,21H,1H3/b20-13+. The fraction of sp³-hybridized carbons (Fsp3) is 0.0556. The van der Waals surface area contributed by atoms with Crippen molar-refractivity contribution in [2.45, 2.75) is 11.8 Å². The number of hydrogen-bond donors (Lipinski definition) is 1. The fourth-order valence-electron chi connectivity index (χ4n) is 2.27. The maximum atomic E-state index is 12.2. The van der Waals surface area contributed by atoms with Crippen LogP contribution in [0.1, 0.15) is 11.3 Å². The SMILES string of the molecule is Cc1ccc(S(=O)(=O)N/N=C/c2cccn2-c2ccc(Cl)cc2)cc1. The minimum absolute atomic E-state index is 0.170. The van der Waals surface area contributed by atoms with Gasteiger partial charge in [0, 0.05) is 16.9 Å². The van der Waals surface area contributed by atoms with E-state index in [0.29, 0.717) is 5.02 Å². The van der Waals surface area contributed by atoms with E-state index in [-0.39, 0.29) is 4.90 Å². The summed E-state index contributed by atoms with van der Waals surface area (Å²) in [4.78, 5) is 2.40. The Bertz CT molecular complexity index is 992. The number of nitrogens with zero attached hydrogens (tertiary/aromatic N) is 2. The lowest BCUT2D eigenvalue weighted by Crippen LogP contribution is -2.18. The van der Waals surface area contributed by atoms with Gasteiger partial charge in [0.15, 0.2) is 0 Å². The summed E-state index contributed by atoms with van der Waals surface area (Å²) in [5.41, 5.74) is 2.62. The third-order valence-electron chi connectivity index (χ3n) is 3.59. The average Bonchev–Trinajstić information content (AvgIpc) is 3.04. The number of nitrogens with one attached hydrogen (secondary N) is 1. The van der Waals surface area contributed by atoms with E-state index in [0.717, 1.165) is 16.9 Å². The minimum atomic E-state index is -3.69. The highest BCUT2D eigenvalue weighted by atomic mass is 35.5. The van der Waals surface area contributed by atoms with Gasteiger partial charge in [0.2, 0.25) is 0 Å². The van der Waals surface area contributed by atoms with E-state index in [1.54, 1.807) is 36.4 Å². The molecule has 2 aromatic carbocycles. The van der Waals surface area contributed by atoms with Crippen LogP contribution in [0.25, 0.3) is 5.69 Å². The van der Waals surface area contributed by atoms with Gasteiger partial charge in [-0.1, -0.05) is 29.3 Å². The van der Waals surface area contributed by atoms with Gasteiger partial charge in [-0.15, -0.1) is 0 Å². The number of hydrogen-bond acceptors (Lipinski definition) is 3. The second kappa shape index (κ2) is 7.13. The van der Waals surface area contributed by atoms with Gasteiger partial charge in [0.05, 0.1) is 16.8 Å². The smallest absolute Gasteiger partial charge is 0.276 e. The highest BCUT2D eigenvalue weighted by Crippen LogP contribution is 2.15. The average molecular weight is 374 g/mol. The molecule has 7 heteroatoms. The second-order valence-corrected chi connectivity index (χ2v) is 7.54. The molecule has 0 atom stereocenters. The van der Waals surface area contributed by atoms with Gasteiger partial charge in [0.25, 0.3) is 10.0 Å². The summed E-state index contributed by atoms with van der Waals surface area (Å²) < 4.78 is 26.3. The van der Waals surface area contributed by atoms with Crippen molar-refractivity contribution in [2.75, 3.05) is 0 Å². The maximum Gasteiger partial charge on any atom is 0.276 e. The molecule has 5 nitrogen and oxygen atoms in total. The van der Waals surface area contributed by atoms with Crippen LogP contribution in [0.4, 0.5) is 0 Å². The lowest BCUT2D eigenvalue weighted by atomic mass is 10.2. The van der Waals surface area contributed by atoms with Crippen LogP contribution in [0.2, 0.25) is 5.02 Å². The molecule has 0 amide bonds. The summed E-state index contributed by atoms with van der Waals surface area (Å²) in [6, 6.07) is 17.6. The molecular formula is C18H16ClN3O2S. The first-order valence-corrected chi connectivity index (χ1v) is 9.37. The molecule has 0 unspecified atom stereocenters. The zero-order chi connectivity index (χ0) is 17.9. The Kier molecular flexibility index (Phi) is 4.92. The van der Waals surface area contributed by atoms with E-state index in [1.807, 2.05) is 42.0 Å². The van der Waals surface area contributed by atoms with Gasteiger partial charge in [-0.3, -0.25) is 0 Å². The Morgan fingerprint density at radius 3 is 2.40 bits per heavy atom. The second-order valence-electron chi connectivity index (χ2n) is 5.45. The van der Waals surface area contributed by atoms with Crippen molar-refractivity contribution in [1.82, 2.24) is 9.40 Å². The van der Waals surface area contributed by atoms with E-state index in [1.165, 1.54) is 6.21 Å². The van der Waals surface area contributed by atoms with Gasteiger partial charge in [0.1, 0.15) is 0 Å². The zero-order valence-electron chi connectivity index (χ0n) is 13.4. The first-order chi connectivity index (χ1) is 12.0. The summed E-state index contributed by atoms with van der Waals surface area (Å²) >= 11 is 5.90. The van der Waals surface area contributed by atoms with Gasteiger partial charge in [-0.2, -0.15) is 13.5 Å². The molecule has 0 radical (unpaired) electrons. The first kappa shape index (κ1) is 17.3. The summed E-state index contributed by atoms with van der Waals surface area (Å²) in [6.45, 7) is 1.90. The largest absolute Gasteiger partial charge is 0.316 e. The number of rotatable bonds is 5. The van der Waals surface area contributed by atoms with Crippen LogP contribution in [-0.4, -0.2) is 19.2 Å². The zero-order valence-corrected chi connectivity index (χ0v) is 15.0. The molecule has 0 bridgehead atoms. The van der Waals surface area contributed by atoms with E-state index >= 15 is 0 Å². The molecule has 0 saturated heterocycles. The fourth-order valence-corrected chi connectivity index (χ4v) is 3.19. The molecule has 0 spiro atoms. The van der Waals surface area contributed by atoms with Gasteiger partial charge >= 0.3 is 0 Å². The number of aryl methyl sites for hydroxylation is 1. The summed E-state index contributed by atoms with van der Waals surface area (Å²) in [5, 5.41) is 4.53. The van der Waals surface area contributed by atoms with Crippen LogP contribution in [0.15, 0.2) is 76.9 Å². The van der Waals surface area contributed by atoms with Crippen LogP contribution in [0, 0.1) is 6.92 Å². The van der Waals surface area contributed by atoms with Crippen molar-refractivity contribution in [3.63, 3.8) is 0 Å². The molecule has 0 aliphatic heterocycles. The predicted octanol–water partition coefficient (Wildman–Crippen LogP) is 3.75. The summed E-state index contributed by atoms with van der Waals surface area (Å²) in [7, 11) is -3.69. The maximum absolute atomic E-state index is 12.2. The van der Waals surface area contributed by atoms with Crippen LogP contribution in [0.3, 0.4) is 0 Å². The van der Waals surface area contributed by atoms with Crippen molar-refractivity contribution < 1.29 is 8.42 Å². The van der Waals surface area contributed by atoms with Crippen LogP contribution in [0.5, 0.6) is 0 Å². The molecule has 3 rings (SSSR count). The molecule has 128 valence electrons. The normalized spacial score (nSPS) is 11.8. The Hall–Kier alpha value is -2.57. The number of sulfonamides is 1. The van der Waals surface area contributed by atoms with E-state index < -0.39 is 10.0 Å². The van der Waals surface area contributed by atoms with E-state index in [4.69, 9.17) is 11.6 Å².